The van der Waals surface area contributed by atoms with E-state index in [0.29, 0.717) is 31.0 Å². The van der Waals surface area contributed by atoms with E-state index in [1.54, 1.807) is 6.07 Å². The summed E-state index contributed by atoms with van der Waals surface area (Å²) in [4.78, 5) is 13.9. The summed E-state index contributed by atoms with van der Waals surface area (Å²) in [5, 5.41) is 0.629. The third kappa shape index (κ3) is 2.91. The highest BCUT2D eigenvalue weighted by Crippen LogP contribution is 2.37. The zero-order valence-corrected chi connectivity index (χ0v) is 12.7. The molecule has 110 valence electrons. The van der Waals surface area contributed by atoms with Crippen LogP contribution in [0.4, 0.5) is 0 Å². The Morgan fingerprint density at radius 2 is 2.20 bits per heavy atom. The normalized spacial score (nSPS) is 23.0. The fraction of sp³-hybridized carbons (Fsp3) is 0.533. The van der Waals surface area contributed by atoms with Gasteiger partial charge >= 0.3 is 0 Å². The first-order valence-corrected chi connectivity index (χ1v) is 7.43. The van der Waals surface area contributed by atoms with Crippen molar-refractivity contribution in [2.24, 2.45) is 5.73 Å². The Labute approximate surface area is 124 Å². The number of nitrogens with two attached hydrogens (primary N) is 1. The van der Waals surface area contributed by atoms with Crippen molar-refractivity contribution in [1.29, 1.82) is 0 Å². The lowest BCUT2D eigenvalue weighted by atomic mass is 9.90. The number of carbonyl (C=O) groups is 1. The molecule has 0 saturated carbocycles. The molecule has 2 N–H and O–H groups in total. The van der Waals surface area contributed by atoms with E-state index in [0.717, 1.165) is 11.3 Å². The van der Waals surface area contributed by atoms with Gasteiger partial charge in [-0.15, -0.1) is 0 Å². The van der Waals surface area contributed by atoms with Crippen molar-refractivity contribution in [2.45, 2.75) is 38.8 Å². The maximum Gasteiger partial charge on any atom is 0.223 e. The number of nitrogens with zero attached hydrogens (tertiary/aromatic N) is 1. The summed E-state index contributed by atoms with van der Waals surface area (Å²) in [6.07, 6.45) is 1.20. The van der Waals surface area contributed by atoms with Gasteiger partial charge in [0.05, 0.1) is 12.6 Å². The highest BCUT2D eigenvalue weighted by atomic mass is 35.5. The van der Waals surface area contributed by atoms with Crippen molar-refractivity contribution >= 4 is 17.5 Å². The van der Waals surface area contributed by atoms with E-state index in [4.69, 9.17) is 22.1 Å². The first-order valence-electron chi connectivity index (χ1n) is 7.05. The van der Waals surface area contributed by atoms with Gasteiger partial charge in [-0.25, -0.2) is 0 Å². The molecular weight excluding hydrogens is 276 g/mol. The van der Waals surface area contributed by atoms with Crippen molar-refractivity contribution in [1.82, 2.24) is 4.90 Å². The average molecular weight is 297 g/mol. The van der Waals surface area contributed by atoms with Crippen molar-refractivity contribution in [3.05, 3.63) is 28.8 Å². The predicted octanol–water partition coefficient (Wildman–Crippen LogP) is 2.75. The Kier molecular flexibility index (Phi) is 4.89. The molecule has 1 saturated heterocycles. The van der Waals surface area contributed by atoms with Crippen LogP contribution in [0.5, 0.6) is 5.75 Å². The molecule has 4 nitrogen and oxygen atoms in total. The number of likely N-dealkylation sites (N-methyl/N-ethyl adjacent to an activating group) is 1. The molecule has 0 bridgehead atoms. The van der Waals surface area contributed by atoms with Gasteiger partial charge in [-0.2, -0.15) is 0 Å². The Hall–Kier alpha value is -1.26. The maximum absolute atomic E-state index is 12.1. The van der Waals surface area contributed by atoms with Crippen LogP contribution in [0.1, 0.15) is 38.3 Å². The molecule has 0 aliphatic carbocycles. The first kappa shape index (κ1) is 15.1. The van der Waals surface area contributed by atoms with Crippen LogP contribution in [0.3, 0.4) is 0 Å². The number of ether oxygens (including phenoxy) is 1. The number of benzene rings is 1. The van der Waals surface area contributed by atoms with Gasteiger partial charge in [0.2, 0.25) is 5.91 Å². The molecule has 0 aromatic heterocycles. The Morgan fingerprint density at radius 3 is 2.85 bits per heavy atom. The molecule has 0 radical (unpaired) electrons. The molecule has 1 aliphatic rings. The Bertz CT molecular complexity index is 493. The highest BCUT2D eigenvalue weighted by molar-refractivity contribution is 6.30. The number of carbonyl (C=O) groups excluding carboxylic acids is 1. The van der Waals surface area contributed by atoms with Gasteiger partial charge in [-0.05, 0) is 38.5 Å². The van der Waals surface area contributed by atoms with Gasteiger partial charge in [0, 0.05) is 29.6 Å². The summed E-state index contributed by atoms with van der Waals surface area (Å²) in [6.45, 7) is 5.10. The number of likely N-dealkylation sites (tertiary alicyclic amines) is 1. The molecule has 1 fully saturated rings. The first-order chi connectivity index (χ1) is 9.58. The van der Waals surface area contributed by atoms with Crippen LogP contribution in [-0.4, -0.2) is 30.0 Å². The second kappa shape index (κ2) is 6.46. The van der Waals surface area contributed by atoms with Gasteiger partial charge in [0.15, 0.2) is 0 Å². The summed E-state index contributed by atoms with van der Waals surface area (Å²) in [6, 6.07) is 5.24. The third-order valence-electron chi connectivity index (χ3n) is 3.68. The number of hydrogen-bond donors (Lipinski definition) is 1. The number of amides is 1. The van der Waals surface area contributed by atoms with E-state index < -0.39 is 0 Å². The second-order valence-corrected chi connectivity index (χ2v) is 5.38. The van der Waals surface area contributed by atoms with Crippen LogP contribution in [-0.2, 0) is 4.79 Å². The quantitative estimate of drug-likeness (QED) is 0.929. The van der Waals surface area contributed by atoms with E-state index in [-0.39, 0.29) is 18.0 Å². The largest absolute Gasteiger partial charge is 0.494 e. The van der Waals surface area contributed by atoms with Crippen molar-refractivity contribution < 1.29 is 9.53 Å². The lowest BCUT2D eigenvalue weighted by Crippen LogP contribution is -2.48. The SMILES string of the molecule is CCOc1ccc(Cl)cc1C1C(N)CCC(=O)N1CC. The molecule has 0 spiro atoms. The molecular formula is C15H21ClN2O2. The van der Waals surface area contributed by atoms with E-state index in [1.165, 1.54) is 0 Å². The summed E-state index contributed by atoms with van der Waals surface area (Å²) < 4.78 is 5.67. The summed E-state index contributed by atoms with van der Waals surface area (Å²) in [5.41, 5.74) is 7.17. The smallest absolute Gasteiger partial charge is 0.223 e. The molecule has 2 rings (SSSR count). The number of halogens is 1. The lowest BCUT2D eigenvalue weighted by molar-refractivity contribution is -0.137. The highest BCUT2D eigenvalue weighted by Gasteiger charge is 2.35. The zero-order chi connectivity index (χ0) is 14.7. The maximum atomic E-state index is 12.1. The molecule has 1 aliphatic heterocycles. The second-order valence-electron chi connectivity index (χ2n) is 4.94. The van der Waals surface area contributed by atoms with Gasteiger partial charge in [0.25, 0.3) is 0 Å². The molecule has 2 unspecified atom stereocenters. The molecule has 5 heteroatoms. The number of rotatable bonds is 4. The topological polar surface area (TPSA) is 55.6 Å². The Morgan fingerprint density at radius 1 is 1.45 bits per heavy atom. The fourth-order valence-electron chi connectivity index (χ4n) is 2.79. The molecule has 2 atom stereocenters. The minimum absolute atomic E-state index is 0.0923. The van der Waals surface area contributed by atoms with E-state index in [2.05, 4.69) is 0 Å². The Balaban J connectivity index is 2.45. The van der Waals surface area contributed by atoms with Crippen LogP contribution in [0.15, 0.2) is 18.2 Å². The van der Waals surface area contributed by atoms with Gasteiger partial charge in [-0.1, -0.05) is 11.6 Å². The fourth-order valence-corrected chi connectivity index (χ4v) is 2.97. The summed E-state index contributed by atoms with van der Waals surface area (Å²) in [7, 11) is 0. The van der Waals surface area contributed by atoms with Gasteiger partial charge in [-0.3, -0.25) is 4.79 Å². The number of hydrogen-bond acceptors (Lipinski definition) is 3. The summed E-state index contributed by atoms with van der Waals surface area (Å²) >= 11 is 6.11. The van der Waals surface area contributed by atoms with Gasteiger partial charge < -0.3 is 15.4 Å². The van der Waals surface area contributed by atoms with Crippen molar-refractivity contribution in [3.8, 4) is 5.75 Å². The van der Waals surface area contributed by atoms with E-state index >= 15 is 0 Å². The van der Waals surface area contributed by atoms with Crippen LogP contribution in [0, 0.1) is 0 Å². The van der Waals surface area contributed by atoms with Crippen LogP contribution < -0.4 is 10.5 Å². The minimum atomic E-state index is -0.165. The number of piperidine rings is 1. The molecule has 1 heterocycles. The average Bonchev–Trinajstić information content (AvgIpc) is 2.43. The predicted molar refractivity (Wildman–Crippen MR) is 80.0 cm³/mol. The van der Waals surface area contributed by atoms with Crippen molar-refractivity contribution in [2.75, 3.05) is 13.2 Å². The van der Waals surface area contributed by atoms with Crippen molar-refractivity contribution in [3.63, 3.8) is 0 Å². The van der Waals surface area contributed by atoms with E-state index in [1.807, 2.05) is 30.9 Å². The zero-order valence-electron chi connectivity index (χ0n) is 11.9. The van der Waals surface area contributed by atoms with Crippen LogP contribution in [0.25, 0.3) is 0 Å². The van der Waals surface area contributed by atoms with Crippen LogP contribution in [0.2, 0.25) is 5.02 Å². The molecule has 20 heavy (non-hydrogen) atoms. The minimum Gasteiger partial charge on any atom is -0.494 e. The molecule has 1 aromatic rings. The van der Waals surface area contributed by atoms with E-state index in [9.17, 15) is 4.79 Å². The lowest BCUT2D eigenvalue weighted by Gasteiger charge is -2.40. The molecule has 1 amide bonds. The third-order valence-corrected chi connectivity index (χ3v) is 3.92. The monoisotopic (exact) mass is 296 g/mol. The molecule has 1 aromatic carbocycles. The van der Waals surface area contributed by atoms with Crippen LogP contribution >= 0.6 is 11.6 Å². The van der Waals surface area contributed by atoms with Gasteiger partial charge in [0.1, 0.15) is 5.75 Å². The standard InChI is InChI=1S/C15H21ClN2O2/c1-3-18-14(19)8-6-12(17)15(18)11-9-10(16)5-7-13(11)20-4-2/h5,7,9,12,15H,3-4,6,8,17H2,1-2H3. The summed E-state index contributed by atoms with van der Waals surface area (Å²) in [5.74, 6) is 0.895.